The van der Waals surface area contributed by atoms with Crippen LogP contribution in [0.4, 0.5) is 0 Å². The van der Waals surface area contributed by atoms with Gasteiger partial charge in [-0.25, -0.2) is 0 Å². The van der Waals surface area contributed by atoms with E-state index in [1.165, 1.54) is 6.92 Å². The zero-order chi connectivity index (χ0) is 20.1. The Kier molecular flexibility index (Phi) is 11.2. The van der Waals surface area contributed by atoms with Crippen LogP contribution >= 0.6 is 0 Å². The first-order chi connectivity index (χ1) is 12.9. The van der Waals surface area contributed by atoms with E-state index in [-0.39, 0.29) is 17.8 Å². The number of carbonyl (C=O) groups excluding carboxylic acids is 2. The Morgan fingerprint density at radius 1 is 1.04 bits per heavy atom. The van der Waals surface area contributed by atoms with Gasteiger partial charge in [-0.05, 0) is 43.4 Å². The number of carbonyl (C=O) groups is 2. The number of Topliss-reactive ketones (excluding diaryl/α,β-unsaturated/α-hetero) is 1. The molecule has 1 rings (SSSR count). The summed E-state index contributed by atoms with van der Waals surface area (Å²) in [5.41, 5.74) is 0.865. The van der Waals surface area contributed by atoms with Gasteiger partial charge in [0, 0.05) is 32.3 Å². The Morgan fingerprint density at radius 2 is 1.74 bits per heavy atom. The maximum absolute atomic E-state index is 11.8. The van der Waals surface area contributed by atoms with Crippen molar-refractivity contribution in [2.75, 3.05) is 7.11 Å². The minimum absolute atomic E-state index is 0.132. The van der Waals surface area contributed by atoms with Gasteiger partial charge in [0.2, 0.25) is 0 Å². The lowest BCUT2D eigenvalue weighted by molar-refractivity contribution is -0.146. The van der Waals surface area contributed by atoms with E-state index in [0.29, 0.717) is 30.8 Å². The largest absolute Gasteiger partial charge is 0.508 e. The maximum Gasteiger partial charge on any atom is 0.302 e. The molecule has 0 aliphatic rings. The molecule has 0 spiro atoms. The van der Waals surface area contributed by atoms with Crippen LogP contribution in [0.2, 0.25) is 0 Å². The summed E-state index contributed by atoms with van der Waals surface area (Å²) < 4.78 is 10.6. The molecule has 152 valence electrons. The van der Waals surface area contributed by atoms with E-state index in [1.807, 2.05) is 6.07 Å². The van der Waals surface area contributed by atoms with E-state index in [2.05, 4.69) is 6.92 Å². The van der Waals surface area contributed by atoms with E-state index < -0.39 is 0 Å². The number of ketones is 1. The number of ether oxygens (including phenoxy) is 2. The van der Waals surface area contributed by atoms with Crippen LogP contribution < -0.4 is 4.74 Å². The minimum atomic E-state index is -0.307. The number of phenolic OH excluding ortho intramolecular Hbond substituents is 1. The van der Waals surface area contributed by atoms with E-state index in [1.54, 1.807) is 19.2 Å². The summed E-state index contributed by atoms with van der Waals surface area (Å²) in [6, 6.07) is 5.04. The zero-order valence-electron chi connectivity index (χ0n) is 17.0. The van der Waals surface area contributed by atoms with Crippen LogP contribution in [0.25, 0.3) is 0 Å². The third kappa shape index (κ3) is 10.6. The second-order valence-corrected chi connectivity index (χ2v) is 7.07. The number of benzene rings is 1. The van der Waals surface area contributed by atoms with Gasteiger partial charge < -0.3 is 14.6 Å². The Balaban J connectivity index is 2.41. The lowest BCUT2D eigenvalue weighted by Crippen LogP contribution is -2.19. The first kappa shape index (κ1) is 23.0. The number of methoxy groups -OCH3 is 1. The third-order valence-corrected chi connectivity index (χ3v) is 4.52. The predicted molar refractivity (Wildman–Crippen MR) is 106 cm³/mol. The van der Waals surface area contributed by atoms with Crippen molar-refractivity contribution in [3.63, 3.8) is 0 Å². The summed E-state index contributed by atoms with van der Waals surface area (Å²) in [7, 11) is 1.55. The standard InChI is InChI=1S/C22H34O5/c1-4-5-7-10-19(24)11-8-6-9-12-21(27-17(2)23)14-18-13-20(25)16-22(15-18)26-3/h13,15-16,21,25H,4-12,14H2,1-3H3/t21-/m1/s1. The molecule has 27 heavy (non-hydrogen) atoms. The molecular weight excluding hydrogens is 344 g/mol. The quantitative estimate of drug-likeness (QED) is 0.365. The molecule has 0 heterocycles. The van der Waals surface area contributed by atoms with E-state index in [4.69, 9.17) is 9.47 Å². The average Bonchev–Trinajstić information content (AvgIpc) is 2.60. The molecule has 0 amide bonds. The zero-order valence-corrected chi connectivity index (χ0v) is 17.0. The monoisotopic (exact) mass is 378 g/mol. The summed E-state index contributed by atoms with van der Waals surface area (Å²) in [6.45, 7) is 3.54. The molecule has 0 aliphatic heterocycles. The fourth-order valence-electron chi connectivity index (χ4n) is 3.15. The highest BCUT2D eigenvalue weighted by molar-refractivity contribution is 5.78. The molecule has 0 unspecified atom stereocenters. The van der Waals surface area contributed by atoms with Crippen LogP contribution in [-0.2, 0) is 20.7 Å². The van der Waals surface area contributed by atoms with Crippen molar-refractivity contribution in [3.05, 3.63) is 23.8 Å². The highest BCUT2D eigenvalue weighted by atomic mass is 16.5. The molecule has 0 aromatic heterocycles. The Bertz CT molecular complexity index is 582. The Hall–Kier alpha value is -2.04. The predicted octanol–water partition coefficient (Wildman–Crippen LogP) is 4.97. The molecule has 0 saturated heterocycles. The number of phenols is 1. The second kappa shape index (κ2) is 13.2. The van der Waals surface area contributed by atoms with Crippen LogP contribution in [-0.4, -0.2) is 30.1 Å². The van der Waals surface area contributed by atoms with Crippen LogP contribution in [0.5, 0.6) is 11.5 Å². The highest BCUT2D eigenvalue weighted by Gasteiger charge is 2.14. The maximum atomic E-state index is 11.8. The molecule has 0 saturated carbocycles. The van der Waals surface area contributed by atoms with Gasteiger partial charge in [0.15, 0.2) is 0 Å². The number of unbranched alkanes of at least 4 members (excludes halogenated alkanes) is 4. The van der Waals surface area contributed by atoms with E-state index >= 15 is 0 Å². The van der Waals surface area contributed by atoms with Gasteiger partial charge >= 0.3 is 5.97 Å². The smallest absolute Gasteiger partial charge is 0.302 e. The van der Waals surface area contributed by atoms with Gasteiger partial charge in [-0.2, -0.15) is 0 Å². The van der Waals surface area contributed by atoms with Crippen LogP contribution in [0.1, 0.15) is 77.2 Å². The SMILES string of the molecule is CCCCCC(=O)CCCCC[C@H](Cc1cc(O)cc(OC)c1)OC(C)=O. The van der Waals surface area contributed by atoms with Crippen molar-refractivity contribution < 1.29 is 24.2 Å². The summed E-state index contributed by atoms with van der Waals surface area (Å²) in [6.07, 6.45) is 8.35. The van der Waals surface area contributed by atoms with Crippen molar-refractivity contribution in [1.82, 2.24) is 0 Å². The Labute approximate surface area is 163 Å². The minimum Gasteiger partial charge on any atom is -0.508 e. The molecule has 1 N–H and O–H groups in total. The van der Waals surface area contributed by atoms with Crippen LogP contribution in [0.15, 0.2) is 18.2 Å². The summed E-state index contributed by atoms with van der Waals surface area (Å²) in [4.78, 5) is 23.2. The molecule has 0 aliphatic carbocycles. The van der Waals surface area contributed by atoms with E-state index in [0.717, 1.165) is 50.5 Å². The van der Waals surface area contributed by atoms with Gasteiger partial charge in [-0.1, -0.05) is 26.2 Å². The van der Waals surface area contributed by atoms with Crippen LogP contribution in [0, 0.1) is 0 Å². The number of hydrogen-bond donors (Lipinski definition) is 1. The van der Waals surface area contributed by atoms with Crippen molar-refractivity contribution in [2.24, 2.45) is 0 Å². The van der Waals surface area contributed by atoms with Gasteiger partial charge in [0.1, 0.15) is 23.4 Å². The lowest BCUT2D eigenvalue weighted by Gasteiger charge is -2.17. The van der Waals surface area contributed by atoms with Crippen LogP contribution in [0.3, 0.4) is 0 Å². The summed E-state index contributed by atoms with van der Waals surface area (Å²) >= 11 is 0. The molecule has 0 fully saturated rings. The van der Waals surface area contributed by atoms with Crippen molar-refractivity contribution in [3.8, 4) is 11.5 Å². The van der Waals surface area contributed by atoms with Gasteiger partial charge in [-0.15, -0.1) is 0 Å². The number of hydrogen-bond acceptors (Lipinski definition) is 5. The van der Waals surface area contributed by atoms with E-state index in [9.17, 15) is 14.7 Å². The molecule has 0 radical (unpaired) electrons. The molecule has 1 aromatic rings. The number of esters is 1. The summed E-state index contributed by atoms with van der Waals surface area (Å²) in [5, 5.41) is 9.78. The van der Waals surface area contributed by atoms with Gasteiger partial charge in [0.25, 0.3) is 0 Å². The topological polar surface area (TPSA) is 72.8 Å². The molecule has 1 atom stereocenters. The summed E-state index contributed by atoms with van der Waals surface area (Å²) in [5.74, 6) is 0.755. The molecule has 0 bridgehead atoms. The normalized spacial score (nSPS) is 11.8. The molecular formula is C22H34O5. The van der Waals surface area contributed by atoms with Crippen molar-refractivity contribution in [2.45, 2.75) is 84.2 Å². The fraction of sp³-hybridized carbons (Fsp3) is 0.636. The van der Waals surface area contributed by atoms with Gasteiger partial charge in [0.05, 0.1) is 7.11 Å². The third-order valence-electron chi connectivity index (χ3n) is 4.52. The van der Waals surface area contributed by atoms with Crippen molar-refractivity contribution >= 4 is 11.8 Å². The number of aromatic hydroxyl groups is 1. The Morgan fingerprint density at radius 3 is 2.37 bits per heavy atom. The van der Waals surface area contributed by atoms with Crippen molar-refractivity contribution in [1.29, 1.82) is 0 Å². The highest BCUT2D eigenvalue weighted by Crippen LogP contribution is 2.24. The van der Waals surface area contributed by atoms with Gasteiger partial charge in [-0.3, -0.25) is 9.59 Å². The fourth-order valence-corrected chi connectivity index (χ4v) is 3.15. The first-order valence-corrected chi connectivity index (χ1v) is 10.0. The number of rotatable bonds is 14. The molecule has 5 nitrogen and oxygen atoms in total. The first-order valence-electron chi connectivity index (χ1n) is 10.0. The lowest BCUT2D eigenvalue weighted by atomic mass is 10.0. The average molecular weight is 379 g/mol. The second-order valence-electron chi connectivity index (χ2n) is 7.07. The molecule has 5 heteroatoms. The molecule has 1 aromatic carbocycles.